The van der Waals surface area contributed by atoms with Crippen LogP contribution in [0.1, 0.15) is 18.9 Å². The van der Waals surface area contributed by atoms with Crippen molar-refractivity contribution >= 4 is 23.2 Å². The molecule has 0 aromatic heterocycles. The number of halogens is 2. The lowest BCUT2D eigenvalue weighted by Gasteiger charge is -2.16. The lowest BCUT2D eigenvalue weighted by atomic mass is 10.0. The van der Waals surface area contributed by atoms with Gasteiger partial charge in [0.25, 0.3) is 0 Å². The summed E-state index contributed by atoms with van der Waals surface area (Å²) in [5.74, 6) is 0. The molecule has 4 heteroatoms. The Morgan fingerprint density at radius 1 is 1.31 bits per heavy atom. The van der Waals surface area contributed by atoms with Gasteiger partial charge in [-0.15, -0.1) is 0 Å². The summed E-state index contributed by atoms with van der Waals surface area (Å²) in [6.45, 7) is 2.01. The molecule has 2 atom stereocenters. The highest BCUT2D eigenvalue weighted by Gasteiger charge is 2.10. The van der Waals surface area contributed by atoms with Crippen molar-refractivity contribution in [1.82, 2.24) is 0 Å². The van der Waals surface area contributed by atoms with Gasteiger partial charge in [0, 0.05) is 13.2 Å². The summed E-state index contributed by atoms with van der Waals surface area (Å²) in [7, 11) is 1.69. The Kier molecular flexibility index (Phi) is 5.56. The molecular weight excluding hydrogens is 245 g/mol. The zero-order valence-electron chi connectivity index (χ0n) is 9.54. The molecule has 0 heterocycles. The van der Waals surface area contributed by atoms with Crippen LogP contribution in [0.4, 0.5) is 0 Å². The number of rotatable bonds is 5. The van der Waals surface area contributed by atoms with Crippen LogP contribution in [0.3, 0.4) is 0 Å². The van der Waals surface area contributed by atoms with Crippen LogP contribution in [-0.4, -0.2) is 19.3 Å². The second-order valence-electron chi connectivity index (χ2n) is 3.99. The number of hydrogen-bond donors (Lipinski definition) is 1. The van der Waals surface area contributed by atoms with E-state index in [2.05, 4.69) is 0 Å². The summed E-state index contributed by atoms with van der Waals surface area (Å²) < 4.78 is 5.17. The van der Waals surface area contributed by atoms with E-state index in [4.69, 9.17) is 33.7 Å². The molecule has 1 rings (SSSR count). The van der Waals surface area contributed by atoms with E-state index in [0.29, 0.717) is 10.0 Å². The normalized spacial score (nSPS) is 14.8. The molecule has 16 heavy (non-hydrogen) atoms. The number of ether oxygens (including phenoxy) is 1. The van der Waals surface area contributed by atoms with Gasteiger partial charge in [0.1, 0.15) is 0 Å². The van der Waals surface area contributed by atoms with Crippen molar-refractivity contribution in [3.05, 3.63) is 33.8 Å². The van der Waals surface area contributed by atoms with Crippen molar-refractivity contribution in [3.63, 3.8) is 0 Å². The van der Waals surface area contributed by atoms with Crippen LogP contribution in [-0.2, 0) is 11.2 Å². The molecular formula is C12H17Cl2NO. The minimum atomic E-state index is 0.0761. The lowest BCUT2D eigenvalue weighted by Crippen LogP contribution is -2.27. The van der Waals surface area contributed by atoms with Crippen LogP contribution >= 0.6 is 23.2 Å². The highest BCUT2D eigenvalue weighted by atomic mass is 35.5. The van der Waals surface area contributed by atoms with Crippen molar-refractivity contribution in [2.75, 3.05) is 7.11 Å². The minimum absolute atomic E-state index is 0.0761. The smallest absolute Gasteiger partial charge is 0.0595 e. The molecule has 0 bridgehead atoms. The summed E-state index contributed by atoms with van der Waals surface area (Å²) >= 11 is 11.8. The first-order valence-electron chi connectivity index (χ1n) is 5.25. The molecule has 90 valence electrons. The molecule has 0 aliphatic rings. The van der Waals surface area contributed by atoms with Crippen LogP contribution < -0.4 is 5.73 Å². The molecule has 2 N–H and O–H groups in total. The zero-order valence-corrected chi connectivity index (χ0v) is 11.1. The second kappa shape index (κ2) is 6.45. The lowest BCUT2D eigenvalue weighted by molar-refractivity contribution is 0.104. The van der Waals surface area contributed by atoms with Gasteiger partial charge in [-0.3, -0.25) is 0 Å². The average molecular weight is 262 g/mol. The van der Waals surface area contributed by atoms with Gasteiger partial charge in [0.2, 0.25) is 0 Å². The van der Waals surface area contributed by atoms with E-state index in [0.717, 1.165) is 18.4 Å². The Bertz CT molecular complexity index is 344. The first-order chi connectivity index (χ1) is 7.52. The molecule has 0 saturated carbocycles. The third-order valence-corrected chi connectivity index (χ3v) is 3.26. The number of benzene rings is 1. The predicted molar refractivity (Wildman–Crippen MR) is 69.2 cm³/mol. The van der Waals surface area contributed by atoms with Crippen molar-refractivity contribution < 1.29 is 4.74 Å². The third kappa shape index (κ3) is 4.30. The third-order valence-electron chi connectivity index (χ3n) is 2.52. The second-order valence-corrected chi connectivity index (χ2v) is 4.81. The molecule has 0 spiro atoms. The molecule has 0 fully saturated rings. The average Bonchev–Trinajstić information content (AvgIpc) is 2.23. The van der Waals surface area contributed by atoms with Gasteiger partial charge in [-0.1, -0.05) is 29.3 Å². The summed E-state index contributed by atoms with van der Waals surface area (Å²) in [4.78, 5) is 0. The van der Waals surface area contributed by atoms with Crippen molar-refractivity contribution in [2.24, 2.45) is 5.73 Å². The SMILES string of the molecule is COC(C)CC(N)Cc1ccc(Cl)c(Cl)c1. The molecule has 0 saturated heterocycles. The van der Waals surface area contributed by atoms with Crippen molar-refractivity contribution in [3.8, 4) is 0 Å². The quantitative estimate of drug-likeness (QED) is 0.883. The molecule has 2 nitrogen and oxygen atoms in total. The van der Waals surface area contributed by atoms with Crippen LogP contribution in [0.5, 0.6) is 0 Å². The van der Waals surface area contributed by atoms with Crippen molar-refractivity contribution in [1.29, 1.82) is 0 Å². The highest BCUT2D eigenvalue weighted by molar-refractivity contribution is 6.42. The maximum atomic E-state index is 6.01. The van der Waals surface area contributed by atoms with Crippen LogP contribution in [0, 0.1) is 0 Å². The first kappa shape index (κ1) is 13.8. The maximum Gasteiger partial charge on any atom is 0.0595 e. The fourth-order valence-corrected chi connectivity index (χ4v) is 1.90. The summed E-state index contributed by atoms with van der Waals surface area (Å²) in [5.41, 5.74) is 7.12. The summed E-state index contributed by atoms with van der Waals surface area (Å²) in [6.07, 6.45) is 1.79. The fourth-order valence-electron chi connectivity index (χ4n) is 1.58. The Balaban J connectivity index is 2.56. The van der Waals surface area contributed by atoms with Gasteiger partial charge < -0.3 is 10.5 Å². The van der Waals surface area contributed by atoms with E-state index < -0.39 is 0 Å². The predicted octanol–water partition coefficient (Wildman–Crippen LogP) is 3.29. The van der Waals surface area contributed by atoms with E-state index in [1.54, 1.807) is 13.2 Å². The first-order valence-corrected chi connectivity index (χ1v) is 6.00. The Labute approximate surface area is 107 Å². The van der Waals surface area contributed by atoms with Gasteiger partial charge >= 0.3 is 0 Å². The molecule has 2 unspecified atom stereocenters. The van der Waals surface area contributed by atoms with E-state index in [1.165, 1.54) is 0 Å². The van der Waals surface area contributed by atoms with E-state index in [-0.39, 0.29) is 12.1 Å². The Hall–Kier alpha value is -0.280. The number of nitrogens with two attached hydrogens (primary N) is 1. The number of methoxy groups -OCH3 is 1. The molecule has 1 aromatic carbocycles. The van der Waals surface area contributed by atoms with Crippen LogP contribution in [0.2, 0.25) is 10.0 Å². The van der Waals surface area contributed by atoms with E-state index in [9.17, 15) is 0 Å². The van der Waals surface area contributed by atoms with Gasteiger partial charge in [-0.05, 0) is 37.5 Å². The minimum Gasteiger partial charge on any atom is -0.382 e. The topological polar surface area (TPSA) is 35.2 Å². The highest BCUT2D eigenvalue weighted by Crippen LogP contribution is 2.23. The van der Waals surface area contributed by atoms with Gasteiger partial charge in [0.05, 0.1) is 16.1 Å². The van der Waals surface area contributed by atoms with E-state index in [1.807, 2.05) is 19.1 Å². The molecule has 0 amide bonds. The molecule has 1 aromatic rings. The van der Waals surface area contributed by atoms with Crippen LogP contribution in [0.15, 0.2) is 18.2 Å². The Morgan fingerprint density at radius 3 is 2.56 bits per heavy atom. The van der Waals surface area contributed by atoms with E-state index >= 15 is 0 Å². The standard InChI is InChI=1S/C12H17Cl2NO/c1-8(16-2)5-10(15)6-9-3-4-11(13)12(14)7-9/h3-4,7-8,10H,5-6,15H2,1-2H3. The van der Waals surface area contributed by atoms with Gasteiger partial charge in [-0.25, -0.2) is 0 Å². The summed E-state index contributed by atoms with van der Waals surface area (Å²) in [5, 5.41) is 1.15. The van der Waals surface area contributed by atoms with Gasteiger partial charge in [-0.2, -0.15) is 0 Å². The molecule has 0 aliphatic heterocycles. The zero-order chi connectivity index (χ0) is 12.1. The maximum absolute atomic E-state index is 6.01. The number of hydrogen-bond acceptors (Lipinski definition) is 2. The van der Waals surface area contributed by atoms with Crippen LogP contribution in [0.25, 0.3) is 0 Å². The molecule has 0 aliphatic carbocycles. The Morgan fingerprint density at radius 2 is 2.00 bits per heavy atom. The summed E-state index contributed by atoms with van der Waals surface area (Å²) in [6, 6.07) is 5.69. The monoisotopic (exact) mass is 261 g/mol. The fraction of sp³-hybridized carbons (Fsp3) is 0.500. The largest absolute Gasteiger partial charge is 0.382 e. The van der Waals surface area contributed by atoms with Crippen molar-refractivity contribution in [2.45, 2.75) is 31.9 Å². The van der Waals surface area contributed by atoms with Gasteiger partial charge in [0.15, 0.2) is 0 Å². The molecule has 0 radical (unpaired) electrons.